The minimum atomic E-state index is -0.415. The summed E-state index contributed by atoms with van der Waals surface area (Å²) < 4.78 is 0. The summed E-state index contributed by atoms with van der Waals surface area (Å²) in [7, 11) is 0. The molecule has 0 saturated carbocycles. The molecule has 1 aliphatic rings. The van der Waals surface area contributed by atoms with Gasteiger partial charge in [-0.05, 0) is 59.7 Å². The predicted octanol–water partition coefficient (Wildman–Crippen LogP) is 3.77. The molecular formula is C13H14OS2. The van der Waals surface area contributed by atoms with Crippen molar-refractivity contribution in [2.45, 2.75) is 31.8 Å². The van der Waals surface area contributed by atoms with Gasteiger partial charge in [0, 0.05) is 9.75 Å². The molecule has 3 heteroatoms. The van der Waals surface area contributed by atoms with Gasteiger partial charge in [-0.3, -0.25) is 0 Å². The molecule has 0 amide bonds. The van der Waals surface area contributed by atoms with Crippen LogP contribution in [0.1, 0.15) is 39.8 Å². The van der Waals surface area contributed by atoms with E-state index < -0.39 is 6.10 Å². The lowest BCUT2D eigenvalue weighted by Crippen LogP contribution is -1.96. The van der Waals surface area contributed by atoms with Gasteiger partial charge in [0.25, 0.3) is 0 Å². The highest BCUT2D eigenvalue weighted by atomic mass is 32.1. The Labute approximate surface area is 103 Å². The van der Waals surface area contributed by atoms with Gasteiger partial charge in [-0.25, -0.2) is 0 Å². The van der Waals surface area contributed by atoms with Gasteiger partial charge < -0.3 is 5.11 Å². The Hall–Kier alpha value is -0.640. The van der Waals surface area contributed by atoms with Crippen molar-refractivity contribution < 1.29 is 5.11 Å². The van der Waals surface area contributed by atoms with E-state index in [-0.39, 0.29) is 0 Å². The van der Waals surface area contributed by atoms with Crippen LogP contribution in [0.2, 0.25) is 0 Å². The molecule has 0 radical (unpaired) electrons. The Morgan fingerprint density at radius 3 is 2.88 bits per heavy atom. The van der Waals surface area contributed by atoms with E-state index in [0.717, 1.165) is 10.4 Å². The molecule has 1 nitrogen and oxygen atoms in total. The van der Waals surface area contributed by atoms with Crippen molar-refractivity contribution in [1.82, 2.24) is 0 Å². The van der Waals surface area contributed by atoms with Crippen LogP contribution < -0.4 is 0 Å². The standard InChI is InChI=1S/C13H14OS2/c14-13(10-5-6-15-8-10)12-7-9-3-1-2-4-11(9)16-12/h5-8,13-14H,1-4H2. The Balaban J connectivity index is 1.92. The first kappa shape index (κ1) is 10.5. The number of aryl methyl sites for hydroxylation is 2. The maximum Gasteiger partial charge on any atom is 0.114 e. The zero-order valence-corrected chi connectivity index (χ0v) is 10.6. The second kappa shape index (κ2) is 4.32. The fraction of sp³-hybridized carbons (Fsp3) is 0.385. The van der Waals surface area contributed by atoms with Crippen LogP contribution in [0.3, 0.4) is 0 Å². The summed E-state index contributed by atoms with van der Waals surface area (Å²) in [6.07, 6.45) is 4.60. The van der Waals surface area contributed by atoms with Gasteiger partial charge in [0.1, 0.15) is 6.10 Å². The van der Waals surface area contributed by atoms with Gasteiger partial charge in [0.05, 0.1) is 0 Å². The van der Waals surface area contributed by atoms with Crippen molar-refractivity contribution in [2.75, 3.05) is 0 Å². The second-order valence-corrected chi connectivity index (χ2v) is 6.21. The third-order valence-electron chi connectivity index (χ3n) is 3.14. The van der Waals surface area contributed by atoms with E-state index in [1.54, 1.807) is 22.7 Å². The molecule has 2 aromatic heterocycles. The molecule has 1 unspecified atom stereocenters. The van der Waals surface area contributed by atoms with E-state index in [2.05, 4.69) is 6.07 Å². The van der Waals surface area contributed by atoms with E-state index in [9.17, 15) is 5.11 Å². The fourth-order valence-corrected chi connectivity index (χ4v) is 4.19. The minimum absolute atomic E-state index is 0.415. The molecule has 16 heavy (non-hydrogen) atoms. The highest BCUT2D eigenvalue weighted by molar-refractivity contribution is 7.12. The Morgan fingerprint density at radius 1 is 1.25 bits per heavy atom. The number of rotatable bonds is 2. The molecule has 0 aromatic carbocycles. The van der Waals surface area contributed by atoms with Crippen molar-refractivity contribution in [3.05, 3.63) is 43.8 Å². The first-order chi connectivity index (χ1) is 7.84. The topological polar surface area (TPSA) is 20.2 Å². The van der Waals surface area contributed by atoms with E-state index in [4.69, 9.17) is 0 Å². The van der Waals surface area contributed by atoms with Crippen LogP contribution in [0.5, 0.6) is 0 Å². The van der Waals surface area contributed by atoms with Gasteiger partial charge in [0.2, 0.25) is 0 Å². The van der Waals surface area contributed by atoms with Crippen LogP contribution in [0.15, 0.2) is 22.9 Å². The van der Waals surface area contributed by atoms with Crippen molar-refractivity contribution in [3.8, 4) is 0 Å². The first-order valence-corrected chi connectivity index (χ1v) is 7.42. The SMILES string of the molecule is OC(c1ccsc1)c1cc2c(s1)CCCC2. The van der Waals surface area contributed by atoms with E-state index in [0.29, 0.717) is 0 Å². The lowest BCUT2D eigenvalue weighted by atomic mass is 9.98. The molecule has 0 saturated heterocycles. The summed E-state index contributed by atoms with van der Waals surface area (Å²) in [4.78, 5) is 2.61. The maximum absolute atomic E-state index is 10.2. The highest BCUT2D eigenvalue weighted by Gasteiger charge is 2.18. The van der Waals surface area contributed by atoms with Crippen LogP contribution in [-0.4, -0.2) is 5.11 Å². The molecule has 0 aliphatic heterocycles. The molecule has 1 N–H and O–H groups in total. The Kier molecular flexibility index (Phi) is 2.84. The normalized spacial score (nSPS) is 17.1. The number of hydrogen-bond donors (Lipinski definition) is 1. The summed E-state index contributed by atoms with van der Waals surface area (Å²) in [5.74, 6) is 0. The third kappa shape index (κ3) is 1.83. The molecule has 0 spiro atoms. The molecular weight excluding hydrogens is 236 g/mol. The summed E-state index contributed by atoms with van der Waals surface area (Å²) in [5.41, 5.74) is 2.50. The molecule has 3 rings (SSSR count). The number of fused-ring (bicyclic) bond motifs is 1. The third-order valence-corrected chi connectivity index (χ3v) is 5.14. The van der Waals surface area contributed by atoms with Crippen LogP contribution in [-0.2, 0) is 12.8 Å². The fourth-order valence-electron chi connectivity index (χ4n) is 2.24. The van der Waals surface area contributed by atoms with Crippen LogP contribution in [0.4, 0.5) is 0 Å². The number of hydrogen-bond acceptors (Lipinski definition) is 3. The summed E-state index contributed by atoms with van der Waals surface area (Å²) in [6.45, 7) is 0. The first-order valence-electron chi connectivity index (χ1n) is 5.66. The molecule has 84 valence electrons. The molecule has 1 atom stereocenters. The molecule has 1 aliphatic carbocycles. The summed E-state index contributed by atoms with van der Waals surface area (Å²) in [5, 5.41) is 14.3. The monoisotopic (exact) mass is 250 g/mol. The molecule has 0 fully saturated rings. The van der Waals surface area contributed by atoms with Crippen LogP contribution in [0, 0.1) is 0 Å². The lowest BCUT2D eigenvalue weighted by Gasteiger charge is -2.08. The maximum atomic E-state index is 10.2. The largest absolute Gasteiger partial charge is 0.383 e. The zero-order valence-electron chi connectivity index (χ0n) is 8.98. The van der Waals surface area contributed by atoms with Crippen molar-refractivity contribution in [2.24, 2.45) is 0 Å². The number of thiophene rings is 2. The van der Waals surface area contributed by atoms with Gasteiger partial charge in [-0.1, -0.05) is 0 Å². The average molecular weight is 250 g/mol. The number of aliphatic hydroxyl groups excluding tert-OH is 1. The van der Waals surface area contributed by atoms with Crippen LogP contribution >= 0.6 is 22.7 Å². The van der Waals surface area contributed by atoms with Gasteiger partial charge in [-0.2, -0.15) is 11.3 Å². The highest BCUT2D eigenvalue weighted by Crippen LogP contribution is 2.35. The minimum Gasteiger partial charge on any atom is -0.383 e. The van der Waals surface area contributed by atoms with Crippen molar-refractivity contribution in [1.29, 1.82) is 0 Å². The van der Waals surface area contributed by atoms with Gasteiger partial charge >= 0.3 is 0 Å². The Morgan fingerprint density at radius 2 is 2.12 bits per heavy atom. The second-order valence-electron chi connectivity index (χ2n) is 4.26. The average Bonchev–Trinajstić information content (AvgIpc) is 2.97. The molecule has 2 aromatic rings. The quantitative estimate of drug-likeness (QED) is 0.860. The summed E-state index contributed by atoms with van der Waals surface area (Å²) >= 11 is 3.44. The smallest absolute Gasteiger partial charge is 0.114 e. The molecule has 0 bridgehead atoms. The number of aliphatic hydroxyl groups is 1. The van der Waals surface area contributed by atoms with Crippen molar-refractivity contribution >= 4 is 22.7 Å². The van der Waals surface area contributed by atoms with Crippen molar-refractivity contribution in [3.63, 3.8) is 0 Å². The van der Waals surface area contributed by atoms with Gasteiger partial charge in [-0.15, -0.1) is 11.3 Å². The van der Waals surface area contributed by atoms with Crippen LogP contribution in [0.25, 0.3) is 0 Å². The molecule has 2 heterocycles. The van der Waals surface area contributed by atoms with E-state index >= 15 is 0 Å². The van der Waals surface area contributed by atoms with Gasteiger partial charge in [0.15, 0.2) is 0 Å². The predicted molar refractivity (Wildman–Crippen MR) is 69.3 cm³/mol. The Bertz CT molecular complexity index is 447. The zero-order chi connectivity index (χ0) is 11.0. The lowest BCUT2D eigenvalue weighted by molar-refractivity contribution is 0.224. The van der Waals surface area contributed by atoms with E-state index in [1.165, 1.54) is 36.1 Å². The van der Waals surface area contributed by atoms with E-state index in [1.807, 2.05) is 16.8 Å². The summed E-state index contributed by atoms with van der Waals surface area (Å²) in [6, 6.07) is 4.22.